The van der Waals surface area contributed by atoms with E-state index in [9.17, 15) is 13.2 Å². The van der Waals surface area contributed by atoms with Gasteiger partial charge >= 0.3 is 0 Å². The SMILES string of the molecule is Cc1ccc(-c2ccsc2C(=O)Nc2cccc(S(=O)(=O)N(C)C)c2)cc1. The fourth-order valence-electron chi connectivity index (χ4n) is 2.58. The van der Waals surface area contributed by atoms with Crippen LogP contribution in [0.3, 0.4) is 0 Å². The number of anilines is 1. The van der Waals surface area contributed by atoms with Crippen molar-refractivity contribution >= 4 is 33.0 Å². The highest BCUT2D eigenvalue weighted by Crippen LogP contribution is 2.29. The van der Waals surface area contributed by atoms with Crippen LogP contribution in [-0.2, 0) is 10.0 Å². The van der Waals surface area contributed by atoms with Crippen molar-refractivity contribution in [2.24, 2.45) is 0 Å². The summed E-state index contributed by atoms with van der Waals surface area (Å²) in [5.41, 5.74) is 3.41. The van der Waals surface area contributed by atoms with E-state index >= 15 is 0 Å². The van der Waals surface area contributed by atoms with Gasteiger partial charge in [0.2, 0.25) is 10.0 Å². The Kier molecular flexibility index (Phi) is 5.46. The number of carbonyl (C=O) groups excluding carboxylic acids is 1. The number of aryl methyl sites for hydroxylation is 1. The standard InChI is InChI=1S/C20H20N2O3S2/c1-14-7-9-15(10-8-14)18-11-12-26-19(18)20(23)21-16-5-4-6-17(13-16)27(24,25)22(2)3/h4-13H,1-3H3,(H,21,23). The summed E-state index contributed by atoms with van der Waals surface area (Å²) in [7, 11) is -0.615. The number of sulfonamides is 1. The van der Waals surface area contributed by atoms with E-state index in [1.54, 1.807) is 12.1 Å². The summed E-state index contributed by atoms with van der Waals surface area (Å²) < 4.78 is 25.7. The summed E-state index contributed by atoms with van der Waals surface area (Å²) in [6.45, 7) is 2.01. The lowest BCUT2D eigenvalue weighted by Crippen LogP contribution is -2.22. The van der Waals surface area contributed by atoms with Crippen molar-refractivity contribution in [2.45, 2.75) is 11.8 Å². The molecule has 1 heterocycles. The molecule has 0 aliphatic rings. The topological polar surface area (TPSA) is 66.5 Å². The number of nitrogens with one attached hydrogen (secondary N) is 1. The van der Waals surface area contributed by atoms with Gasteiger partial charge in [-0.15, -0.1) is 11.3 Å². The predicted molar refractivity (Wildman–Crippen MR) is 110 cm³/mol. The first kappa shape index (κ1) is 19.3. The number of hydrogen-bond acceptors (Lipinski definition) is 4. The van der Waals surface area contributed by atoms with E-state index < -0.39 is 10.0 Å². The Hall–Kier alpha value is -2.48. The maximum Gasteiger partial charge on any atom is 0.266 e. The van der Waals surface area contributed by atoms with E-state index in [4.69, 9.17) is 0 Å². The van der Waals surface area contributed by atoms with E-state index in [-0.39, 0.29) is 10.8 Å². The van der Waals surface area contributed by atoms with Crippen LogP contribution in [0.4, 0.5) is 5.69 Å². The maximum atomic E-state index is 12.8. The van der Waals surface area contributed by atoms with Crippen LogP contribution in [0.25, 0.3) is 11.1 Å². The summed E-state index contributed by atoms with van der Waals surface area (Å²) in [5.74, 6) is -0.264. The molecule has 27 heavy (non-hydrogen) atoms. The maximum absolute atomic E-state index is 12.8. The van der Waals surface area contributed by atoms with Crippen molar-refractivity contribution in [1.82, 2.24) is 4.31 Å². The first-order valence-corrected chi connectivity index (χ1v) is 10.6. The molecule has 0 radical (unpaired) electrons. The van der Waals surface area contributed by atoms with Crippen molar-refractivity contribution in [3.63, 3.8) is 0 Å². The number of nitrogens with zero attached hydrogens (tertiary/aromatic N) is 1. The van der Waals surface area contributed by atoms with Gasteiger partial charge in [0.15, 0.2) is 0 Å². The zero-order chi connectivity index (χ0) is 19.6. The molecule has 1 aromatic heterocycles. The van der Waals surface area contributed by atoms with Gasteiger partial charge in [0.1, 0.15) is 0 Å². The minimum absolute atomic E-state index is 0.134. The number of benzene rings is 2. The average Bonchev–Trinajstić information content (AvgIpc) is 3.12. The second kappa shape index (κ2) is 7.64. The molecule has 0 unspecified atom stereocenters. The zero-order valence-electron chi connectivity index (χ0n) is 15.3. The van der Waals surface area contributed by atoms with E-state index in [2.05, 4.69) is 5.32 Å². The van der Waals surface area contributed by atoms with Gasteiger partial charge in [-0.25, -0.2) is 12.7 Å². The third-order valence-electron chi connectivity index (χ3n) is 4.10. The molecule has 1 amide bonds. The fourth-order valence-corrected chi connectivity index (χ4v) is 4.34. The molecule has 7 heteroatoms. The predicted octanol–water partition coefficient (Wildman–Crippen LogP) is 4.23. The van der Waals surface area contributed by atoms with Crippen LogP contribution in [0.5, 0.6) is 0 Å². The van der Waals surface area contributed by atoms with Crippen LogP contribution in [0.15, 0.2) is 64.9 Å². The zero-order valence-corrected chi connectivity index (χ0v) is 16.9. The minimum Gasteiger partial charge on any atom is -0.321 e. The third kappa shape index (κ3) is 4.10. The van der Waals surface area contributed by atoms with Crippen LogP contribution < -0.4 is 5.32 Å². The second-order valence-electron chi connectivity index (χ2n) is 6.30. The van der Waals surface area contributed by atoms with Crippen molar-refractivity contribution in [2.75, 3.05) is 19.4 Å². The lowest BCUT2D eigenvalue weighted by molar-refractivity contribution is 0.103. The van der Waals surface area contributed by atoms with Crippen LogP contribution in [0.2, 0.25) is 0 Å². The Morgan fingerprint density at radius 2 is 1.74 bits per heavy atom. The first-order valence-electron chi connectivity index (χ1n) is 8.27. The van der Waals surface area contributed by atoms with E-state index in [0.717, 1.165) is 21.0 Å². The Morgan fingerprint density at radius 3 is 2.41 bits per heavy atom. The van der Waals surface area contributed by atoms with Gasteiger partial charge in [-0.1, -0.05) is 35.9 Å². The van der Waals surface area contributed by atoms with E-state index in [0.29, 0.717) is 10.6 Å². The Labute approximate surface area is 163 Å². The van der Waals surface area contributed by atoms with Gasteiger partial charge in [0.05, 0.1) is 9.77 Å². The number of rotatable bonds is 5. The van der Waals surface area contributed by atoms with Gasteiger partial charge in [-0.05, 0) is 42.1 Å². The Bertz CT molecular complexity index is 1070. The van der Waals surface area contributed by atoms with Gasteiger partial charge in [0.25, 0.3) is 5.91 Å². The lowest BCUT2D eigenvalue weighted by atomic mass is 10.0. The summed E-state index contributed by atoms with van der Waals surface area (Å²) in [6, 6.07) is 16.1. The fraction of sp³-hybridized carbons (Fsp3) is 0.150. The van der Waals surface area contributed by atoms with Crippen LogP contribution in [0.1, 0.15) is 15.2 Å². The number of thiophene rings is 1. The molecule has 0 aliphatic heterocycles. The van der Waals surface area contributed by atoms with E-state index in [1.807, 2.05) is 42.6 Å². The molecule has 3 rings (SSSR count). The van der Waals surface area contributed by atoms with Crippen LogP contribution in [-0.4, -0.2) is 32.7 Å². The minimum atomic E-state index is -3.56. The lowest BCUT2D eigenvalue weighted by Gasteiger charge is -2.13. The van der Waals surface area contributed by atoms with Crippen LogP contribution >= 0.6 is 11.3 Å². The van der Waals surface area contributed by atoms with Crippen molar-refractivity contribution in [1.29, 1.82) is 0 Å². The van der Waals surface area contributed by atoms with Gasteiger partial charge in [-0.2, -0.15) is 0 Å². The molecular weight excluding hydrogens is 380 g/mol. The van der Waals surface area contributed by atoms with E-state index in [1.165, 1.54) is 37.6 Å². The molecule has 5 nitrogen and oxygen atoms in total. The summed E-state index contributed by atoms with van der Waals surface area (Å²) in [6.07, 6.45) is 0. The number of hydrogen-bond donors (Lipinski definition) is 1. The molecule has 0 fully saturated rings. The monoisotopic (exact) mass is 400 g/mol. The van der Waals surface area contributed by atoms with Gasteiger partial charge < -0.3 is 5.32 Å². The molecule has 0 saturated heterocycles. The van der Waals surface area contributed by atoms with Crippen molar-refractivity contribution in [3.8, 4) is 11.1 Å². The third-order valence-corrected chi connectivity index (χ3v) is 6.83. The molecule has 0 saturated carbocycles. The molecular formula is C20H20N2O3S2. The second-order valence-corrected chi connectivity index (χ2v) is 9.37. The molecule has 0 bridgehead atoms. The Morgan fingerprint density at radius 1 is 1.04 bits per heavy atom. The van der Waals surface area contributed by atoms with Gasteiger partial charge in [0, 0.05) is 25.3 Å². The van der Waals surface area contributed by atoms with Crippen LogP contribution in [0, 0.1) is 6.92 Å². The smallest absolute Gasteiger partial charge is 0.266 e. The summed E-state index contributed by atoms with van der Waals surface area (Å²) in [5, 5.41) is 4.68. The highest BCUT2D eigenvalue weighted by atomic mass is 32.2. The Balaban J connectivity index is 1.88. The molecule has 0 aliphatic carbocycles. The average molecular weight is 401 g/mol. The quantitative estimate of drug-likeness (QED) is 0.697. The summed E-state index contributed by atoms with van der Waals surface area (Å²) in [4.78, 5) is 13.5. The van der Waals surface area contributed by atoms with Gasteiger partial charge in [-0.3, -0.25) is 4.79 Å². The largest absolute Gasteiger partial charge is 0.321 e. The first-order chi connectivity index (χ1) is 12.8. The van der Waals surface area contributed by atoms with Crippen molar-refractivity contribution in [3.05, 3.63) is 70.4 Å². The molecule has 2 aromatic carbocycles. The highest BCUT2D eigenvalue weighted by Gasteiger charge is 2.19. The number of carbonyl (C=O) groups is 1. The van der Waals surface area contributed by atoms with Crippen molar-refractivity contribution < 1.29 is 13.2 Å². The molecule has 140 valence electrons. The molecule has 1 N–H and O–H groups in total. The number of amides is 1. The molecule has 3 aromatic rings. The normalized spacial score (nSPS) is 11.6. The molecule has 0 spiro atoms. The summed E-state index contributed by atoms with van der Waals surface area (Å²) >= 11 is 1.35. The molecule has 0 atom stereocenters. The highest BCUT2D eigenvalue weighted by molar-refractivity contribution is 7.89.